The predicted molar refractivity (Wildman–Crippen MR) is 107 cm³/mol. The molecule has 2 aromatic carbocycles. The smallest absolute Gasteiger partial charge is 0.248 e. The summed E-state index contributed by atoms with van der Waals surface area (Å²) in [6.45, 7) is 5.48. The van der Waals surface area contributed by atoms with Crippen molar-refractivity contribution in [2.24, 2.45) is 10.7 Å². The van der Waals surface area contributed by atoms with E-state index in [1.807, 2.05) is 25.1 Å². The van der Waals surface area contributed by atoms with Crippen molar-refractivity contribution < 1.29 is 4.79 Å². The molecule has 0 heterocycles. The maximum absolute atomic E-state index is 11.3. The third-order valence-corrected chi connectivity index (χ3v) is 4.07. The van der Waals surface area contributed by atoms with Crippen molar-refractivity contribution in [3.63, 3.8) is 0 Å². The van der Waals surface area contributed by atoms with Gasteiger partial charge in [0.1, 0.15) is 0 Å². The van der Waals surface area contributed by atoms with Gasteiger partial charge < -0.3 is 16.4 Å². The lowest BCUT2D eigenvalue weighted by molar-refractivity contribution is 0.1000. The minimum absolute atomic E-state index is 0.296. The summed E-state index contributed by atoms with van der Waals surface area (Å²) in [5.74, 6) is 0.355. The lowest BCUT2D eigenvalue weighted by Crippen LogP contribution is -2.42. The van der Waals surface area contributed by atoms with Gasteiger partial charge in [0.25, 0.3) is 0 Å². The normalized spacial score (nSPS) is 12.5. The van der Waals surface area contributed by atoms with E-state index in [9.17, 15) is 4.79 Å². The van der Waals surface area contributed by atoms with Gasteiger partial charge in [0.15, 0.2) is 5.96 Å². The standard InChI is InChI=1S/C21H28N4O/c1-3-23-21(24-15-18-10-7-11-19(14-18)20(22)26)25-16(2)12-13-17-8-5-4-6-9-17/h4-11,14,16H,3,12-13,15H2,1-2H3,(H2,22,26)(H2,23,24,25). The number of hydrogen-bond acceptors (Lipinski definition) is 2. The lowest BCUT2D eigenvalue weighted by Gasteiger charge is -2.18. The zero-order valence-electron chi connectivity index (χ0n) is 15.5. The molecule has 0 aliphatic rings. The van der Waals surface area contributed by atoms with Crippen molar-refractivity contribution in [1.29, 1.82) is 0 Å². The van der Waals surface area contributed by atoms with E-state index in [-0.39, 0.29) is 0 Å². The summed E-state index contributed by atoms with van der Waals surface area (Å²) in [5, 5.41) is 6.71. The van der Waals surface area contributed by atoms with E-state index >= 15 is 0 Å². The van der Waals surface area contributed by atoms with Crippen molar-refractivity contribution in [2.75, 3.05) is 6.54 Å². The number of nitrogens with one attached hydrogen (secondary N) is 2. The molecule has 0 radical (unpaired) electrons. The van der Waals surface area contributed by atoms with Crippen LogP contribution in [0.15, 0.2) is 59.6 Å². The maximum atomic E-state index is 11.3. The average molecular weight is 352 g/mol. The van der Waals surface area contributed by atoms with Crippen molar-refractivity contribution in [2.45, 2.75) is 39.3 Å². The fourth-order valence-corrected chi connectivity index (χ4v) is 2.65. The highest BCUT2D eigenvalue weighted by Crippen LogP contribution is 2.07. The number of amides is 1. The number of rotatable bonds is 8. The first-order valence-electron chi connectivity index (χ1n) is 9.06. The van der Waals surface area contributed by atoms with E-state index < -0.39 is 5.91 Å². The van der Waals surface area contributed by atoms with Crippen LogP contribution < -0.4 is 16.4 Å². The Hall–Kier alpha value is -2.82. The van der Waals surface area contributed by atoms with Crippen molar-refractivity contribution in [3.05, 3.63) is 71.3 Å². The molecule has 1 atom stereocenters. The predicted octanol–water partition coefficient (Wildman–Crippen LogP) is 2.86. The summed E-state index contributed by atoms with van der Waals surface area (Å²) in [7, 11) is 0. The van der Waals surface area contributed by atoms with Gasteiger partial charge in [-0.1, -0.05) is 42.5 Å². The first kappa shape index (κ1) is 19.5. The van der Waals surface area contributed by atoms with Gasteiger partial charge in [-0.2, -0.15) is 0 Å². The number of aliphatic imine (C=N–C) groups is 1. The summed E-state index contributed by atoms with van der Waals surface area (Å²) >= 11 is 0. The minimum Gasteiger partial charge on any atom is -0.366 e. The first-order valence-corrected chi connectivity index (χ1v) is 9.06. The van der Waals surface area contributed by atoms with E-state index in [2.05, 4.69) is 46.8 Å². The molecule has 0 spiro atoms. The molecule has 0 fully saturated rings. The quantitative estimate of drug-likeness (QED) is 0.505. The summed E-state index contributed by atoms with van der Waals surface area (Å²) in [6, 6.07) is 18.0. The summed E-state index contributed by atoms with van der Waals surface area (Å²) < 4.78 is 0. The first-order chi connectivity index (χ1) is 12.6. The summed E-state index contributed by atoms with van der Waals surface area (Å²) in [6.07, 6.45) is 2.04. The molecule has 2 aromatic rings. The molecule has 5 nitrogen and oxygen atoms in total. The molecule has 26 heavy (non-hydrogen) atoms. The summed E-state index contributed by atoms with van der Waals surface area (Å²) in [4.78, 5) is 15.9. The number of carbonyl (C=O) groups is 1. The molecular weight excluding hydrogens is 324 g/mol. The second-order valence-electron chi connectivity index (χ2n) is 6.33. The molecule has 0 aromatic heterocycles. The number of benzene rings is 2. The average Bonchev–Trinajstić information content (AvgIpc) is 2.66. The highest BCUT2D eigenvalue weighted by Gasteiger charge is 2.06. The lowest BCUT2D eigenvalue weighted by atomic mass is 10.1. The molecule has 4 N–H and O–H groups in total. The number of carbonyl (C=O) groups excluding carboxylic acids is 1. The Morgan fingerprint density at radius 1 is 1.12 bits per heavy atom. The van der Waals surface area contributed by atoms with Gasteiger partial charge in [-0.3, -0.25) is 4.79 Å². The topological polar surface area (TPSA) is 79.5 Å². The molecule has 0 aliphatic carbocycles. The highest BCUT2D eigenvalue weighted by molar-refractivity contribution is 5.92. The molecule has 0 saturated carbocycles. The Morgan fingerprint density at radius 2 is 1.85 bits per heavy atom. The zero-order chi connectivity index (χ0) is 18.8. The molecule has 2 rings (SSSR count). The van der Waals surface area contributed by atoms with Gasteiger partial charge >= 0.3 is 0 Å². The zero-order valence-corrected chi connectivity index (χ0v) is 15.5. The largest absolute Gasteiger partial charge is 0.366 e. The Balaban J connectivity index is 1.93. The molecule has 0 bridgehead atoms. The number of hydrogen-bond donors (Lipinski definition) is 3. The number of nitrogens with zero attached hydrogens (tertiary/aromatic N) is 1. The Morgan fingerprint density at radius 3 is 2.54 bits per heavy atom. The third-order valence-electron chi connectivity index (χ3n) is 4.07. The van der Waals surface area contributed by atoms with Gasteiger partial charge in [-0.25, -0.2) is 4.99 Å². The van der Waals surface area contributed by atoms with Crippen molar-refractivity contribution >= 4 is 11.9 Å². The number of primary amides is 1. The van der Waals surface area contributed by atoms with Crippen LogP contribution in [0.25, 0.3) is 0 Å². The fraction of sp³-hybridized carbons (Fsp3) is 0.333. The van der Waals surface area contributed by atoms with Crippen LogP contribution in [-0.4, -0.2) is 24.5 Å². The molecule has 0 saturated heterocycles. The molecule has 138 valence electrons. The van der Waals surface area contributed by atoms with E-state index in [0.29, 0.717) is 18.2 Å². The van der Waals surface area contributed by atoms with E-state index in [4.69, 9.17) is 5.73 Å². The van der Waals surface area contributed by atoms with Crippen molar-refractivity contribution in [1.82, 2.24) is 10.6 Å². The maximum Gasteiger partial charge on any atom is 0.248 e. The number of nitrogens with two attached hydrogens (primary N) is 1. The van der Waals surface area contributed by atoms with Crippen LogP contribution in [-0.2, 0) is 13.0 Å². The summed E-state index contributed by atoms with van der Waals surface area (Å²) in [5.41, 5.74) is 8.13. The number of guanidine groups is 1. The number of aryl methyl sites for hydroxylation is 1. The second-order valence-corrected chi connectivity index (χ2v) is 6.33. The molecular formula is C21H28N4O. The van der Waals surface area contributed by atoms with E-state index in [1.165, 1.54) is 5.56 Å². The molecule has 0 aliphatic heterocycles. The Labute approximate surface area is 155 Å². The van der Waals surface area contributed by atoms with Crippen LogP contribution >= 0.6 is 0 Å². The SMILES string of the molecule is CCNC(=NCc1cccc(C(N)=O)c1)NC(C)CCc1ccccc1. The molecule has 1 unspecified atom stereocenters. The Bertz CT molecular complexity index is 728. The van der Waals surface area contributed by atoms with Crippen LogP contribution in [0, 0.1) is 0 Å². The minimum atomic E-state index is -0.421. The van der Waals surface area contributed by atoms with Crippen LogP contribution in [0.3, 0.4) is 0 Å². The van der Waals surface area contributed by atoms with Gasteiger partial charge in [0.05, 0.1) is 6.54 Å². The van der Waals surface area contributed by atoms with E-state index in [0.717, 1.165) is 30.9 Å². The van der Waals surface area contributed by atoms with Crippen LogP contribution in [0.2, 0.25) is 0 Å². The Kier molecular flexibility index (Phi) is 7.68. The molecule has 1 amide bonds. The third kappa shape index (κ3) is 6.59. The molecule has 5 heteroatoms. The van der Waals surface area contributed by atoms with Crippen molar-refractivity contribution in [3.8, 4) is 0 Å². The van der Waals surface area contributed by atoms with Crippen LogP contribution in [0.4, 0.5) is 0 Å². The fourth-order valence-electron chi connectivity index (χ4n) is 2.65. The van der Waals surface area contributed by atoms with Crippen LogP contribution in [0.1, 0.15) is 41.8 Å². The van der Waals surface area contributed by atoms with Gasteiger partial charge in [0, 0.05) is 18.2 Å². The van der Waals surface area contributed by atoms with Crippen LogP contribution in [0.5, 0.6) is 0 Å². The second kappa shape index (κ2) is 10.2. The highest BCUT2D eigenvalue weighted by atomic mass is 16.1. The van der Waals surface area contributed by atoms with Gasteiger partial charge in [-0.15, -0.1) is 0 Å². The van der Waals surface area contributed by atoms with Gasteiger partial charge in [-0.05, 0) is 49.9 Å². The van der Waals surface area contributed by atoms with E-state index in [1.54, 1.807) is 12.1 Å². The monoisotopic (exact) mass is 352 g/mol. The van der Waals surface area contributed by atoms with Gasteiger partial charge in [0.2, 0.25) is 5.91 Å².